The van der Waals surface area contributed by atoms with Crippen LogP contribution in [-0.4, -0.2) is 7.11 Å². The van der Waals surface area contributed by atoms with Gasteiger partial charge in [0.2, 0.25) is 0 Å². The summed E-state index contributed by atoms with van der Waals surface area (Å²) in [6, 6.07) is 13.0. The van der Waals surface area contributed by atoms with E-state index in [1.807, 2.05) is 6.07 Å². The quantitative estimate of drug-likeness (QED) is 0.518. The Bertz CT molecular complexity index is 579. The van der Waals surface area contributed by atoms with Gasteiger partial charge in [0.1, 0.15) is 5.75 Å². The minimum Gasteiger partial charge on any atom is -0.497 e. The highest BCUT2D eigenvalue weighted by Gasteiger charge is 2.18. The molecule has 0 aromatic heterocycles. The number of halogens is 1. The van der Waals surface area contributed by atoms with Gasteiger partial charge in [-0.25, -0.2) is 0 Å². The molecule has 2 aromatic carbocycles. The van der Waals surface area contributed by atoms with E-state index < -0.39 is 0 Å². The lowest BCUT2D eigenvalue weighted by atomic mass is 9.91. The van der Waals surface area contributed by atoms with Crippen LogP contribution in [0.2, 0.25) is 0 Å². The summed E-state index contributed by atoms with van der Waals surface area (Å²) in [4.78, 5) is 0.445. The maximum Gasteiger partial charge on any atom is 0.119 e. The second-order valence-electron chi connectivity index (χ2n) is 5.68. The molecule has 0 N–H and O–H groups in total. The van der Waals surface area contributed by atoms with E-state index in [1.54, 1.807) is 7.11 Å². The Hall–Kier alpha value is -1.02. The molecule has 0 bridgehead atoms. The van der Waals surface area contributed by atoms with Gasteiger partial charge in [0, 0.05) is 4.83 Å². The summed E-state index contributed by atoms with van der Waals surface area (Å²) in [5.74, 6) is 1.63. The lowest BCUT2D eigenvalue weighted by Crippen LogP contribution is -2.06. The molecule has 21 heavy (non-hydrogen) atoms. The largest absolute Gasteiger partial charge is 0.497 e. The van der Waals surface area contributed by atoms with E-state index in [9.17, 15) is 0 Å². The lowest BCUT2D eigenvalue weighted by Gasteiger charge is -2.22. The molecule has 2 rings (SSSR count). The van der Waals surface area contributed by atoms with Crippen molar-refractivity contribution in [1.82, 2.24) is 0 Å². The summed E-state index contributed by atoms with van der Waals surface area (Å²) >= 11 is 3.93. The minimum atomic E-state index is 0.445. The van der Waals surface area contributed by atoms with Crippen molar-refractivity contribution in [3.8, 4) is 5.75 Å². The molecular formula is C19H25BrO. The molecule has 0 aliphatic rings. The van der Waals surface area contributed by atoms with Gasteiger partial charge < -0.3 is 4.74 Å². The lowest BCUT2D eigenvalue weighted by molar-refractivity contribution is 0.415. The number of benzene rings is 2. The second kappa shape index (κ2) is 7.84. The van der Waals surface area contributed by atoms with Crippen LogP contribution in [-0.2, 0) is 0 Å². The van der Waals surface area contributed by atoms with Crippen molar-refractivity contribution in [2.24, 2.45) is 5.92 Å². The summed E-state index contributed by atoms with van der Waals surface area (Å²) in [6.07, 6.45) is 5.10. The fourth-order valence-electron chi connectivity index (χ4n) is 2.84. The smallest absolute Gasteiger partial charge is 0.119 e. The molecule has 0 amide bonds. The molecule has 0 saturated carbocycles. The summed E-state index contributed by atoms with van der Waals surface area (Å²) in [6.45, 7) is 4.56. The van der Waals surface area contributed by atoms with Crippen molar-refractivity contribution < 1.29 is 4.74 Å². The summed E-state index contributed by atoms with van der Waals surface area (Å²) < 4.78 is 5.29. The molecule has 0 fully saturated rings. The molecular weight excluding hydrogens is 324 g/mol. The van der Waals surface area contributed by atoms with Crippen molar-refractivity contribution in [3.63, 3.8) is 0 Å². The van der Waals surface area contributed by atoms with Crippen LogP contribution < -0.4 is 4.74 Å². The SMILES string of the molecule is CCCCC(CC)C(Br)c1ccc2cc(OC)ccc2c1. The van der Waals surface area contributed by atoms with E-state index in [2.05, 4.69) is 60.1 Å². The van der Waals surface area contributed by atoms with Crippen molar-refractivity contribution in [2.75, 3.05) is 7.11 Å². The van der Waals surface area contributed by atoms with E-state index >= 15 is 0 Å². The molecule has 0 spiro atoms. The zero-order chi connectivity index (χ0) is 15.2. The first kappa shape index (κ1) is 16.4. The van der Waals surface area contributed by atoms with Crippen LogP contribution in [0.1, 0.15) is 49.9 Å². The van der Waals surface area contributed by atoms with Gasteiger partial charge in [0.15, 0.2) is 0 Å². The summed E-state index contributed by atoms with van der Waals surface area (Å²) in [7, 11) is 1.71. The average molecular weight is 349 g/mol. The second-order valence-corrected chi connectivity index (χ2v) is 6.67. The standard InChI is InChI=1S/C19H25BrO/c1-4-6-7-14(5-2)19(20)17-9-8-16-13-18(21-3)11-10-15(16)12-17/h8-14,19H,4-7H2,1-3H3. The Labute approximate surface area is 136 Å². The van der Waals surface area contributed by atoms with Crippen molar-refractivity contribution in [1.29, 1.82) is 0 Å². The van der Waals surface area contributed by atoms with Gasteiger partial charge in [-0.1, -0.05) is 73.3 Å². The van der Waals surface area contributed by atoms with Gasteiger partial charge in [0.05, 0.1) is 7.11 Å². The minimum absolute atomic E-state index is 0.445. The van der Waals surface area contributed by atoms with Crippen LogP contribution in [0.4, 0.5) is 0 Å². The highest BCUT2D eigenvalue weighted by molar-refractivity contribution is 9.09. The van der Waals surface area contributed by atoms with Crippen LogP contribution in [0.3, 0.4) is 0 Å². The van der Waals surface area contributed by atoms with Crippen molar-refractivity contribution in [3.05, 3.63) is 42.0 Å². The van der Waals surface area contributed by atoms with E-state index in [0.29, 0.717) is 10.7 Å². The molecule has 0 saturated heterocycles. The van der Waals surface area contributed by atoms with Gasteiger partial charge in [-0.05, 0) is 40.8 Å². The summed E-state index contributed by atoms with van der Waals surface area (Å²) in [5.41, 5.74) is 1.38. The Morgan fingerprint density at radius 3 is 2.43 bits per heavy atom. The molecule has 114 valence electrons. The number of unbranched alkanes of at least 4 members (excludes halogenated alkanes) is 1. The molecule has 0 aliphatic heterocycles. The van der Waals surface area contributed by atoms with E-state index in [1.165, 1.54) is 42.0 Å². The average Bonchev–Trinajstić information content (AvgIpc) is 2.54. The third-order valence-corrected chi connectivity index (χ3v) is 5.53. The third-order valence-electron chi connectivity index (χ3n) is 4.26. The number of rotatable bonds is 7. The molecule has 1 nitrogen and oxygen atoms in total. The van der Waals surface area contributed by atoms with E-state index in [4.69, 9.17) is 4.74 Å². The number of ether oxygens (including phenoxy) is 1. The van der Waals surface area contributed by atoms with Crippen LogP contribution in [0.25, 0.3) is 10.8 Å². The monoisotopic (exact) mass is 348 g/mol. The van der Waals surface area contributed by atoms with E-state index in [0.717, 1.165) is 5.75 Å². The maximum atomic E-state index is 5.29. The first-order valence-electron chi connectivity index (χ1n) is 7.91. The number of methoxy groups -OCH3 is 1. The predicted octanol–water partition coefficient (Wildman–Crippen LogP) is 6.50. The molecule has 0 aliphatic carbocycles. The Balaban J connectivity index is 2.24. The Morgan fingerprint density at radius 2 is 1.76 bits per heavy atom. The van der Waals surface area contributed by atoms with Gasteiger partial charge >= 0.3 is 0 Å². The highest BCUT2D eigenvalue weighted by atomic mass is 79.9. The van der Waals surface area contributed by atoms with Crippen LogP contribution in [0.15, 0.2) is 36.4 Å². The van der Waals surface area contributed by atoms with Gasteiger partial charge in [-0.3, -0.25) is 0 Å². The normalized spacial score (nSPS) is 14.1. The third kappa shape index (κ3) is 4.00. The molecule has 2 aromatic rings. The number of fused-ring (bicyclic) bond motifs is 1. The molecule has 0 heterocycles. The fourth-order valence-corrected chi connectivity index (χ4v) is 3.76. The zero-order valence-electron chi connectivity index (χ0n) is 13.2. The van der Waals surface area contributed by atoms with Gasteiger partial charge in [-0.15, -0.1) is 0 Å². The molecule has 2 unspecified atom stereocenters. The summed E-state index contributed by atoms with van der Waals surface area (Å²) in [5, 5.41) is 2.52. The molecule has 2 atom stereocenters. The first-order valence-corrected chi connectivity index (χ1v) is 8.83. The maximum absolute atomic E-state index is 5.29. The topological polar surface area (TPSA) is 9.23 Å². The number of alkyl halides is 1. The predicted molar refractivity (Wildman–Crippen MR) is 95.5 cm³/mol. The highest BCUT2D eigenvalue weighted by Crippen LogP contribution is 2.37. The Kier molecular flexibility index (Phi) is 6.10. The van der Waals surface area contributed by atoms with Crippen molar-refractivity contribution >= 4 is 26.7 Å². The first-order chi connectivity index (χ1) is 10.2. The Morgan fingerprint density at radius 1 is 1.05 bits per heavy atom. The number of hydrogen-bond acceptors (Lipinski definition) is 1. The fraction of sp³-hybridized carbons (Fsp3) is 0.474. The van der Waals surface area contributed by atoms with Crippen LogP contribution >= 0.6 is 15.9 Å². The number of hydrogen-bond donors (Lipinski definition) is 0. The van der Waals surface area contributed by atoms with Gasteiger partial charge in [-0.2, -0.15) is 0 Å². The van der Waals surface area contributed by atoms with Crippen molar-refractivity contribution in [2.45, 2.75) is 44.4 Å². The van der Waals surface area contributed by atoms with Crippen LogP contribution in [0, 0.1) is 5.92 Å². The molecule has 0 radical (unpaired) electrons. The zero-order valence-corrected chi connectivity index (χ0v) is 14.8. The van der Waals surface area contributed by atoms with Crippen LogP contribution in [0.5, 0.6) is 5.75 Å². The van der Waals surface area contributed by atoms with Gasteiger partial charge in [0.25, 0.3) is 0 Å². The van der Waals surface area contributed by atoms with E-state index in [-0.39, 0.29) is 0 Å². The molecule has 2 heteroatoms.